The van der Waals surface area contributed by atoms with Crippen LogP contribution in [-0.2, 0) is 12.8 Å². The Morgan fingerprint density at radius 1 is 0.862 bits per heavy atom. The second-order valence-corrected chi connectivity index (χ2v) is 6.91. The van der Waals surface area contributed by atoms with Gasteiger partial charge in [-0.1, -0.05) is 36.4 Å². The Bertz CT molecular complexity index is 1120. The van der Waals surface area contributed by atoms with Crippen LogP contribution in [0.25, 0.3) is 22.0 Å². The molecule has 0 aliphatic heterocycles. The third-order valence-corrected chi connectivity index (χ3v) is 4.97. The molecule has 0 amide bonds. The van der Waals surface area contributed by atoms with E-state index in [1.54, 1.807) is 24.4 Å². The molecule has 1 heterocycles. The zero-order chi connectivity index (χ0) is 20.2. The highest BCUT2D eigenvalue weighted by molar-refractivity contribution is 5.88. The molecule has 0 atom stereocenters. The number of nitrogens with zero attached hydrogens (tertiary/aromatic N) is 1. The number of benzene rings is 3. The summed E-state index contributed by atoms with van der Waals surface area (Å²) in [5.74, 6) is 0.271. The van der Waals surface area contributed by atoms with Crippen LogP contribution in [0.3, 0.4) is 0 Å². The van der Waals surface area contributed by atoms with Crippen LogP contribution in [0, 0.1) is 11.6 Å². The van der Waals surface area contributed by atoms with Gasteiger partial charge >= 0.3 is 0 Å². The van der Waals surface area contributed by atoms with Crippen molar-refractivity contribution in [1.29, 1.82) is 0 Å². The standard InChI is InChI=1S/C25H21F2NO/c1-2-29-22-12-14-24(28-16-22)20-9-13-23-19(15-20)8-7-18(25(23)27)6-3-17-4-10-21(26)11-5-17/h4-5,7-16H,2-3,6H2,1H3. The van der Waals surface area contributed by atoms with Crippen LogP contribution in [0.5, 0.6) is 5.75 Å². The van der Waals surface area contributed by atoms with E-state index < -0.39 is 0 Å². The quantitative estimate of drug-likeness (QED) is 0.383. The molecule has 0 bridgehead atoms. The third-order valence-electron chi connectivity index (χ3n) is 4.97. The van der Waals surface area contributed by atoms with E-state index in [9.17, 15) is 4.39 Å². The van der Waals surface area contributed by atoms with Crippen molar-refractivity contribution >= 4 is 10.8 Å². The number of halogens is 2. The second kappa shape index (κ2) is 8.39. The molecule has 0 N–H and O–H groups in total. The summed E-state index contributed by atoms with van der Waals surface area (Å²) in [5, 5.41) is 1.43. The Morgan fingerprint density at radius 2 is 1.69 bits per heavy atom. The number of hydrogen-bond acceptors (Lipinski definition) is 2. The van der Waals surface area contributed by atoms with Gasteiger partial charge in [0, 0.05) is 10.9 Å². The maximum Gasteiger partial charge on any atom is 0.137 e. The number of ether oxygens (including phenoxy) is 1. The van der Waals surface area contributed by atoms with Gasteiger partial charge in [-0.15, -0.1) is 0 Å². The van der Waals surface area contributed by atoms with E-state index in [-0.39, 0.29) is 11.6 Å². The molecule has 0 saturated heterocycles. The molecular weight excluding hydrogens is 368 g/mol. The highest BCUT2D eigenvalue weighted by Crippen LogP contribution is 2.28. The van der Waals surface area contributed by atoms with Crippen molar-refractivity contribution in [2.24, 2.45) is 0 Å². The summed E-state index contributed by atoms with van der Waals surface area (Å²) in [4.78, 5) is 4.44. The summed E-state index contributed by atoms with van der Waals surface area (Å²) in [6, 6.07) is 19.5. The molecule has 0 saturated carbocycles. The van der Waals surface area contributed by atoms with Gasteiger partial charge in [0.25, 0.3) is 0 Å². The summed E-state index contributed by atoms with van der Waals surface area (Å²) < 4.78 is 33.5. The first-order chi connectivity index (χ1) is 14.1. The Labute approximate surface area is 168 Å². The molecule has 0 aliphatic carbocycles. The molecule has 0 fully saturated rings. The van der Waals surface area contributed by atoms with Crippen LogP contribution in [0.2, 0.25) is 0 Å². The van der Waals surface area contributed by atoms with Crippen molar-refractivity contribution in [2.75, 3.05) is 6.61 Å². The minimum Gasteiger partial charge on any atom is -0.492 e. The topological polar surface area (TPSA) is 22.1 Å². The monoisotopic (exact) mass is 389 g/mol. The van der Waals surface area contributed by atoms with Crippen LogP contribution in [0.4, 0.5) is 8.78 Å². The van der Waals surface area contributed by atoms with Crippen molar-refractivity contribution in [3.05, 3.63) is 95.7 Å². The maximum absolute atomic E-state index is 15.0. The maximum atomic E-state index is 15.0. The van der Waals surface area contributed by atoms with E-state index in [1.807, 2.05) is 43.3 Å². The molecule has 4 rings (SSSR count). The lowest BCUT2D eigenvalue weighted by Gasteiger charge is -2.09. The summed E-state index contributed by atoms with van der Waals surface area (Å²) in [7, 11) is 0. The van der Waals surface area contributed by atoms with Crippen molar-refractivity contribution in [3.8, 4) is 17.0 Å². The molecule has 0 radical (unpaired) electrons. The minimum absolute atomic E-state index is 0.198. The number of pyridine rings is 1. The van der Waals surface area contributed by atoms with E-state index in [1.165, 1.54) is 12.1 Å². The SMILES string of the molecule is CCOc1ccc(-c2ccc3c(F)c(CCc4ccc(F)cc4)ccc3c2)nc1. The molecule has 146 valence electrons. The molecule has 0 unspecified atom stereocenters. The van der Waals surface area contributed by atoms with Gasteiger partial charge in [0.15, 0.2) is 0 Å². The largest absolute Gasteiger partial charge is 0.492 e. The Balaban J connectivity index is 1.57. The van der Waals surface area contributed by atoms with Gasteiger partial charge in [0.05, 0.1) is 18.5 Å². The Morgan fingerprint density at radius 3 is 2.41 bits per heavy atom. The summed E-state index contributed by atoms with van der Waals surface area (Å²) in [5.41, 5.74) is 3.40. The normalized spacial score (nSPS) is 11.0. The van der Waals surface area contributed by atoms with E-state index in [2.05, 4.69) is 4.98 Å². The second-order valence-electron chi connectivity index (χ2n) is 6.91. The zero-order valence-electron chi connectivity index (χ0n) is 16.2. The van der Waals surface area contributed by atoms with Crippen LogP contribution in [0.15, 0.2) is 72.9 Å². The number of hydrogen-bond donors (Lipinski definition) is 0. The fraction of sp³-hybridized carbons (Fsp3) is 0.160. The van der Waals surface area contributed by atoms with Gasteiger partial charge in [-0.25, -0.2) is 8.78 Å². The first-order valence-electron chi connectivity index (χ1n) is 9.69. The fourth-order valence-corrected chi connectivity index (χ4v) is 3.42. The number of aromatic nitrogens is 1. The van der Waals surface area contributed by atoms with Crippen molar-refractivity contribution in [1.82, 2.24) is 4.98 Å². The van der Waals surface area contributed by atoms with E-state index in [0.717, 1.165) is 28.0 Å². The smallest absolute Gasteiger partial charge is 0.137 e. The lowest BCUT2D eigenvalue weighted by molar-refractivity contribution is 0.339. The van der Waals surface area contributed by atoms with Gasteiger partial charge < -0.3 is 4.74 Å². The fourth-order valence-electron chi connectivity index (χ4n) is 3.42. The van der Waals surface area contributed by atoms with Crippen molar-refractivity contribution in [3.63, 3.8) is 0 Å². The average Bonchev–Trinajstić information content (AvgIpc) is 2.75. The van der Waals surface area contributed by atoms with Crippen molar-refractivity contribution in [2.45, 2.75) is 19.8 Å². The lowest BCUT2D eigenvalue weighted by Crippen LogP contribution is -1.96. The summed E-state index contributed by atoms with van der Waals surface area (Å²) in [6.07, 6.45) is 2.93. The lowest BCUT2D eigenvalue weighted by atomic mass is 9.98. The predicted molar refractivity (Wildman–Crippen MR) is 112 cm³/mol. The van der Waals surface area contributed by atoms with Crippen molar-refractivity contribution < 1.29 is 13.5 Å². The molecule has 2 nitrogen and oxygen atoms in total. The number of rotatable bonds is 6. The van der Waals surface area contributed by atoms with Gasteiger partial charge in [-0.3, -0.25) is 4.98 Å². The molecular formula is C25H21F2NO. The molecule has 0 spiro atoms. The van der Waals surface area contributed by atoms with Gasteiger partial charge in [-0.2, -0.15) is 0 Å². The van der Waals surface area contributed by atoms with Gasteiger partial charge in [-0.05, 0) is 66.6 Å². The first kappa shape index (κ1) is 19.1. The Kier molecular flexibility index (Phi) is 5.52. The van der Waals surface area contributed by atoms with Gasteiger partial charge in [0.2, 0.25) is 0 Å². The molecule has 3 aromatic carbocycles. The highest BCUT2D eigenvalue weighted by atomic mass is 19.1. The molecule has 4 aromatic rings. The average molecular weight is 389 g/mol. The van der Waals surface area contributed by atoms with E-state index in [4.69, 9.17) is 4.74 Å². The van der Waals surface area contributed by atoms with Crippen LogP contribution < -0.4 is 4.74 Å². The number of fused-ring (bicyclic) bond motifs is 1. The van der Waals surface area contributed by atoms with E-state index >= 15 is 4.39 Å². The summed E-state index contributed by atoms with van der Waals surface area (Å²) in [6.45, 7) is 2.53. The van der Waals surface area contributed by atoms with Gasteiger partial charge in [0.1, 0.15) is 17.4 Å². The Hall–Kier alpha value is -3.27. The molecule has 4 heteroatoms. The van der Waals surface area contributed by atoms with Crippen LogP contribution in [0.1, 0.15) is 18.1 Å². The zero-order valence-corrected chi connectivity index (χ0v) is 16.2. The van der Waals surface area contributed by atoms with E-state index in [0.29, 0.717) is 30.4 Å². The number of aryl methyl sites for hydroxylation is 2. The molecule has 1 aromatic heterocycles. The minimum atomic E-state index is -0.261. The van der Waals surface area contributed by atoms with Crippen LogP contribution >= 0.6 is 0 Å². The predicted octanol–water partition coefficient (Wildman–Crippen LogP) is 6.36. The molecule has 29 heavy (non-hydrogen) atoms. The third kappa shape index (κ3) is 4.27. The van der Waals surface area contributed by atoms with Crippen LogP contribution in [-0.4, -0.2) is 11.6 Å². The summed E-state index contributed by atoms with van der Waals surface area (Å²) >= 11 is 0. The first-order valence-corrected chi connectivity index (χ1v) is 9.69. The molecule has 0 aliphatic rings. The highest BCUT2D eigenvalue weighted by Gasteiger charge is 2.10.